The molecule has 130 valence electrons. The van der Waals surface area contributed by atoms with E-state index in [2.05, 4.69) is 28.9 Å². The van der Waals surface area contributed by atoms with Crippen molar-refractivity contribution in [3.05, 3.63) is 59.0 Å². The zero-order valence-corrected chi connectivity index (χ0v) is 14.9. The van der Waals surface area contributed by atoms with Gasteiger partial charge < -0.3 is 13.9 Å². The van der Waals surface area contributed by atoms with Crippen LogP contribution in [0.5, 0.6) is 11.5 Å². The molecular weight excluding hydrogens is 338 g/mol. The fraction of sp³-hybridized carbons (Fsp3) is 0.316. The summed E-state index contributed by atoms with van der Waals surface area (Å²) in [5, 5.41) is 0.708. The summed E-state index contributed by atoms with van der Waals surface area (Å²) in [6, 6.07) is 9.95. The number of nitrogens with zero attached hydrogens (tertiary/aromatic N) is 3. The molecular formula is C19H20ClN3O2. The van der Waals surface area contributed by atoms with Crippen LogP contribution in [0, 0.1) is 0 Å². The average molecular weight is 358 g/mol. The van der Waals surface area contributed by atoms with Crippen molar-refractivity contribution in [3.63, 3.8) is 0 Å². The Hall–Kier alpha value is -2.24. The number of benzene rings is 1. The molecule has 6 heteroatoms. The molecule has 2 aromatic heterocycles. The molecule has 0 fully saturated rings. The van der Waals surface area contributed by atoms with E-state index in [0.717, 1.165) is 42.5 Å². The van der Waals surface area contributed by atoms with E-state index in [9.17, 15) is 0 Å². The Morgan fingerprint density at radius 2 is 1.92 bits per heavy atom. The molecule has 0 radical (unpaired) electrons. The van der Waals surface area contributed by atoms with Gasteiger partial charge >= 0.3 is 0 Å². The van der Waals surface area contributed by atoms with Gasteiger partial charge in [-0.15, -0.1) is 0 Å². The van der Waals surface area contributed by atoms with E-state index >= 15 is 0 Å². The van der Waals surface area contributed by atoms with Crippen molar-refractivity contribution >= 4 is 17.2 Å². The van der Waals surface area contributed by atoms with Gasteiger partial charge in [0.05, 0.1) is 10.7 Å². The molecule has 0 saturated heterocycles. The molecule has 1 aromatic carbocycles. The predicted octanol–water partition coefficient (Wildman–Crippen LogP) is 3.78. The van der Waals surface area contributed by atoms with Crippen LogP contribution in [0.1, 0.15) is 18.2 Å². The van der Waals surface area contributed by atoms with Gasteiger partial charge in [-0.2, -0.15) is 0 Å². The third-order valence-corrected chi connectivity index (χ3v) is 4.53. The minimum Gasteiger partial charge on any atom is -0.486 e. The standard InChI is InChI=1S/C19H20ClN3O2/c1-2-22(10-14-3-5-17-18(9-14)25-8-7-24-17)12-16-13-23-11-15(20)4-6-19(23)21-16/h3-6,9,11,13H,2,7-8,10,12H2,1H3. The molecule has 0 atom stereocenters. The molecule has 5 nitrogen and oxygen atoms in total. The van der Waals surface area contributed by atoms with Gasteiger partial charge in [0.2, 0.25) is 0 Å². The Labute approximate surface area is 151 Å². The molecule has 1 aliphatic heterocycles. The molecule has 25 heavy (non-hydrogen) atoms. The number of pyridine rings is 1. The lowest BCUT2D eigenvalue weighted by Crippen LogP contribution is -2.23. The first-order valence-electron chi connectivity index (χ1n) is 8.45. The largest absolute Gasteiger partial charge is 0.486 e. The van der Waals surface area contributed by atoms with Crippen molar-refractivity contribution in [3.8, 4) is 11.5 Å². The minimum atomic E-state index is 0.609. The Bertz CT molecular complexity index is 894. The number of hydrogen-bond acceptors (Lipinski definition) is 4. The van der Waals surface area contributed by atoms with Crippen LogP contribution >= 0.6 is 11.6 Å². The molecule has 0 bridgehead atoms. The summed E-state index contributed by atoms with van der Waals surface area (Å²) in [5.41, 5.74) is 3.15. The van der Waals surface area contributed by atoms with Gasteiger partial charge in [0.1, 0.15) is 18.9 Å². The van der Waals surface area contributed by atoms with Crippen LogP contribution in [0.15, 0.2) is 42.7 Å². The first-order valence-corrected chi connectivity index (χ1v) is 8.83. The Balaban J connectivity index is 1.49. The maximum absolute atomic E-state index is 6.05. The van der Waals surface area contributed by atoms with E-state index in [-0.39, 0.29) is 0 Å². The second-order valence-electron chi connectivity index (χ2n) is 6.13. The molecule has 3 aromatic rings. The van der Waals surface area contributed by atoms with Crippen molar-refractivity contribution < 1.29 is 9.47 Å². The fourth-order valence-corrected chi connectivity index (χ4v) is 3.21. The average Bonchev–Trinajstić information content (AvgIpc) is 3.02. The van der Waals surface area contributed by atoms with Crippen molar-refractivity contribution in [2.24, 2.45) is 0 Å². The maximum Gasteiger partial charge on any atom is 0.161 e. The van der Waals surface area contributed by atoms with Gasteiger partial charge in [0, 0.05) is 25.5 Å². The normalized spacial score (nSPS) is 13.6. The van der Waals surface area contributed by atoms with Gasteiger partial charge in [0.15, 0.2) is 11.5 Å². The summed E-state index contributed by atoms with van der Waals surface area (Å²) in [6.45, 7) is 5.93. The first-order chi connectivity index (χ1) is 12.2. The molecule has 0 spiro atoms. The van der Waals surface area contributed by atoms with E-state index in [1.807, 2.05) is 35.0 Å². The van der Waals surface area contributed by atoms with E-state index in [0.29, 0.717) is 18.2 Å². The summed E-state index contributed by atoms with van der Waals surface area (Å²) in [6.07, 6.45) is 3.91. The third kappa shape index (κ3) is 3.57. The highest BCUT2D eigenvalue weighted by molar-refractivity contribution is 6.30. The van der Waals surface area contributed by atoms with Crippen molar-refractivity contribution in [1.82, 2.24) is 14.3 Å². The van der Waals surface area contributed by atoms with Gasteiger partial charge in [-0.25, -0.2) is 4.98 Å². The van der Waals surface area contributed by atoms with E-state index in [4.69, 9.17) is 21.1 Å². The number of rotatable bonds is 5. The maximum atomic E-state index is 6.05. The lowest BCUT2D eigenvalue weighted by Gasteiger charge is -2.22. The second kappa shape index (κ2) is 6.94. The first kappa shape index (κ1) is 16.2. The molecule has 4 rings (SSSR count). The molecule has 0 saturated carbocycles. The molecule has 1 aliphatic rings. The van der Waals surface area contributed by atoms with E-state index in [1.54, 1.807) is 0 Å². The molecule has 0 unspecified atom stereocenters. The van der Waals surface area contributed by atoms with Crippen LogP contribution in [0.2, 0.25) is 5.02 Å². The van der Waals surface area contributed by atoms with Gasteiger partial charge in [-0.1, -0.05) is 24.6 Å². The number of hydrogen-bond donors (Lipinski definition) is 0. The number of halogens is 1. The van der Waals surface area contributed by atoms with Crippen LogP contribution in [0.3, 0.4) is 0 Å². The van der Waals surface area contributed by atoms with Crippen LogP contribution in [0.4, 0.5) is 0 Å². The molecule has 0 aliphatic carbocycles. The molecule has 0 N–H and O–H groups in total. The highest BCUT2D eigenvalue weighted by Crippen LogP contribution is 2.31. The van der Waals surface area contributed by atoms with E-state index < -0.39 is 0 Å². The van der Waals surface area contributed by atoms with Gasteiger partial charge in [-0.3, -0.25) is 4.90 Å². The van der Waals surface area contributed by atoms with E-state index in [1.165, 1.54) is 5.56 Å². The summed E-state index contributed by atoms with van der Waals surface area (Å²) < 4.78 is 13.2. The lowest BCUT2D eigenvalue weighted by molar-refractivity contribution is 0.171. The van der Waals surface area contributed by atoms with Crippen LogP contribution in [-0.2, 0) is 13.1 Å². The van der Waals surface area contributed by atoms with Gasteiger partial charge in [0.25, 0.3) is 0 Å². The molecule has 0 amide bonds. The minimum absolute atomic E-state index is 0.609. The third-order valence-electron chi connectivity index (χ3n) is 4.31. The molecule has 3 heterocycles. The zero-order valence-electron chi connectivity index (χ0n) is 14.1. The highest BCUT2D eigenvalue weighted by Gasteiger charge is 2.14. The lowest BCUT2D eigenvalue weighted by atomic mass is 10.1. The van der Waals surface area contributed by atoms with Crippen LogP contribution < -0.4 is 9.47 Å². The number of fused-ring (bicyclic) bond motifs is 2. The van der Waals surface area contributed by atoms with Crippen LogP contribution in [0.25, 0.3) is 5.65 Å². The topological polar surface area (TPSA) is 39.0 Å². The summed E-state index contributed by atoms with van der Waals surface area (Å²) >= 11 is 6.05. The summed E-state index contributed by atoms with van der Waals surface area (Å²) in [7, 11) is 0. The second-order valence-corrected chi connectivity index (χ2v) is 6.56. The Morgan fingerprint density at radius 1 is 1.08 bits per heavy atom. The fourth-order valence-electron chi connectivity index (χ4n) is 3.05. The smallest absolute Gasteiger partial charge is 0.161 e. The Kier molecular flexibility index (Phi) is 4.51. The SMILES string of the molecule is CCN(Cc1ccc2c(c1)OCCO2)Cc1cn2cc(Cl)ccc2n1. The summed E-state index contributed by atoms with van der Waals surface area (Å²) in [5.74, 6) is 1.66. The Morgan fingerprint density at radius 3 is 2.76 bits per heavy atom. The van der Waals surface area contributed by atoms with Crippen molar-refractivity contribution in [1.29, 1.82) is 0 Å². The van der Waals surface area contributed by atoms with Gasteiger partial charge in [-0.05, 0) is 36.4 Å². The quantitative estimate of drug-likeness (QED) is 0.696. The van der Waals surface area contributed by atoms with Crippen molar-refractivity contribution in [2.75, 3.05) is 19.8 Å². The number of ether oxygens (including phenoxy) is 2. The zero-order chi connectivity index (χ0) is 17.2. The number of imidazole rings is 1. The van der Waals surface area contributed by atoms with Crippen molar-refractivity contribution in [2.45, 2.75) is 20.0 Å². The predicted molar refractivity (Wildman–Crippen MR) is 97.4 cm³/mol. The monoisotopic (exact) mass is 357 g/mol. The number of aromatic nitrogens is 2. The van der Waals surface area contributed by atoms with Crippen LogP contribution in [-0.4, -0.2) is 34.0 Å². The summed E-state index contributed by atoms with van der Waals surface area (Å²) in [4.78, 5) is 7.01. The highest BCUT2D eigenvalue weighted by atomic mass is 35.5.